The molecule has 0 unspecified atom stereocenters. The second-order valence-electron chi connectivity index (χ2n) is 9.29. The lowest BCUT2D eigenvalue weighted by atomic mass is 9.92. The highest BCUT2D eigenvalue weighted by atomic mass is 16.2. The zero-order valence-electron chi connectivity index (χ0n) is 19.6. The predicted molar refractivity (Wildman–Crippen MR) is 130 cm³/mol. The van der Waals surface area contributed by atoms with Crippen LogP contribution in [0.3, 0.4) is 0 Å². The molecular formula is C25H31N5O2. The zero-order valence-corrected chi connectivity index (χ0v) is 19.6. The standard InChI is InChI=1S/C25H31N5O2/c1-15-7-8-19(30-24(32)26-10-9-25(4,5)6)12-20(15)21-11-18-14-27-23(29-17(3)31)13-22(18)28-16(21)2/h7-8,11-14H,9-10H2,1-6H3,(H2,26,30,32)(H,27,29,31). The van der Waals surface area contributed by atoms with Crippen LogP contribution in [0, 0.1) is 19.3 Å². The Bertz CT molecular complexity index is 1160. The van der Waals surface area contributed by atoms with Gasteiger partial charge in [-0.1, -0.05) is 26.8 Å². The first-order valence-electron chi connectivity index (χ1n) is 10.7. The van der Waals surface area contributed by atoms with E-state index in [-0.39, 0.29) is 17.4 Å². The van der Waals surface area contributed by atoms with E-state index in [4.69, 9.17) is 4.98 Å². The molecule has 0 saturated carbocycles. The molecular weight excluding hydrogens is 402 g/mol. The highest BCUT2D eigenvalue weighted by molar-refractivity contribution is 5.93. The van der Waals surface area contributed by atoms with Crippen molar-refractivity contribution in [1.29, 1.82) is 0 Å². The Labute approximate surface area is 189 Å². The molecule has 32 heavy (non-hydrogen) atoms. The summed E-state index contributed by atoms with van der Waals surface area (Å²) in [5.41, 5.74) is 5.55. The first-order chi connectivity index (χ1) is 15.0. The summed E-state index contributed by atoms with van der Waals surface area (Å²) in [6.07, 6.45) is 2.61. The third-order valence-electron chi connectivity index (χ3n) is 5.14. The fourth-order valence-electron chi connectivity index (χ4n) is 3.40. The normalized spacial score (nSPS) is 11.3. The number of carbonyl (C=O) groups excluding carboxylic acids is 2. The Hall–Kier alpha value is -3.48. The number of hydrogen-bond donors (Lipinski definition) is 3. The Kier molecular flexibility index (Phi) is 6.77. The van der Waals surface area contributed by atoms with Gasteiger partial charge in [0.2, 0.25) is 5.91 Å². The van der Waals surface area contributed by atoms with Crippen LogP contribution in [0.15, 0.2) is 36.5 Å². The van der Waals surface area contributed by atoms with Crippen LogP contribution in [0.1, 0.15) is 45.4 Å². The molecule has 1 aromatic carbocycles. The summed E-state index contributed by atoms with van der Waals surface area (Å²) in [6.45, 7) is 12.5. The van der Waals surface area contributed by atoms with Crippen molar-refractivity contribution in [2.75, 3.05) is 17.2 Å². The number of aromatic nitrogens is 2. The van der Waals surface area contributed by atoms with Crippen LogP contribution in [-0.4, -0.2) is 28.5 Å². The van der Waals surface area contributed by atoms with Gasteiger partial charge in [0.1, 0.15) is 5.82 Å². The molecule has 0 aliphatic heterocycles. The SMILES string of the molecule is CC(=O)Nc1cc2nc(C)c(-c3cc(NC(=O)NCCC(C)(C)C)ccc3C)cc2cn1. The predicted octanol–water partition coefficient (Wildman–Crippen LogP) is 5.43. The molecule has 3 rings (SSSR count). The number of fused-ring (bicyclic) bond motifs is 1. The molecule has 3 N–H and O–H groups in total. The number of pyridine rings is 2. The van der Waals surface area contributed by atoms with Crippen LogP contribution in [0.5, 0.6) is 0 Å². The summed E-state index contributed by atoms with van der Waals surface area (Å²) >= 11 is 0. The maximum absolute atomic E-state index is 12.3. The average molecular weight is 434 g/mol. The van der Waals surface area contributed by atoms with Gasteiger partial charge in [-0.25, -0.2) is 9.78 Å². The number of amides is 3. The second-order valence-corrected chi connectivity index (χ2v) is 9.29. The second kappa shape index (κ2) is 9.34. The van der Waals surface area contributed by atoms with Crippen LogP contribution in [0.2, 0.25) is 0 Å². The van der Waals surface area contributed by atoms with Crippen molar-refractivity contribution in [1.82, 2.24) is 15.3 Å². The summed E-state index contributed by atoms with van der Waals surface area (Å²) in [5.74, 6) is 0.303. The van der Waals surface area contributed by atoms with Crippen LogP contribution in [-0.2, 0) is 4.79 Å². The van der Waals surface area contributed by atoms with E-state index in [1.54, 1.807) is 12.3 Å². The summed E-state index contributed by atoms with van der Waals surface area (Å²) < 4.78 is 0. The van der Waals surface area contributed by atoms with E-state index in [1.165, 1.54) is 6.92 Å². The molecule has 3 aromatic rings. The first-order valence-corrected chi connectivity index (χ1v) is 10.7. The highest BCUT2D eigenvalue weighted by Gasteiger charge is 2.13. The summed E-state index contributed by atoms with van der Waals surface area (Å²) in [4.78, 5) is 32.6. The van der Waals surface area contributed by atoms with E-state index in [9.17, 15) is 9.59 Å². The summed E-state index contributed by atoms with van der Waals surface area (Å²) in [6, 6.07) is 9.44. The number of carbonyl (C=O) groups is 2. The molecule has 7 nitrogen and oxygen atoms in total. The molecule has 0 fully saturated rings. The van der Waals surface area contributed by atoms with E-state index in [0.717, 1.165) is 45.4 Å². The minimum Gasteiger partial charge on any atom is -0.338 e. The molecule has 0 atom stereocenters. The maximum atomic E-state index is 12.3. The lowest BCUT2D eigenvalue weighted by Crippen LogP contribution is -2.31. The third-order valence-corrected chi connectivity index (χ3v) is 5.14. The molecule has 2 heterocycles. The minimum atomic E-state index is -0.216. The third kappa shape index (κ3) is 6.03. The fourth-order valence-corrected chi connectivity index (χ4v) is 3.40. The highest BCUT2D eigenvalue weighted by Crippen LogP contribution is 2.31. The molecule has 7 heteroatoms. The van der Waals surface area contributed by atoms with Crippen molar-refractivity contribution in [3.8, 4) is 11.1 Å². The maximum Gasteiger partial charge on any atom is 0.319 e. The molecule has 0 radical (unpaired) electrons. The molecule has 0 bridgehead atoms. The lowest BCUT2D eigenvalue weighted by Gasteiger charge is -2.18. The van der Waals surface area contributed by atoms with Crippen LogP contribution >= 0.6 is 0 Å². The van der Waals surface area contributed by atoms with Crippen molar-refractivity contribution >= 4 is 34.3 Å². The molecule has 2 aromatic heterocycles. The molecule has 0 saturated heterocycles. The van der Waals surface area contributed by atoms with Gasteiger partial charge in [0.05, 0.1) is 5.52 Å². The first kappa shape index (κ1) is 23.2. The van der Waals surface area contributed by atoms with Gasteiger partial charge in [0.25, 0.3) is 0 Å². The number of aryl methyl sites for hydroxylation is 2. The van der Waals surface area contributed by atoms with E-state index < -0.39 is 0 Å². The van der Waals surface area contributed by atoms with Gasteiger partial charge < -0.3 is 16.0 Å². The molecule has 0 aliphatic carbocycles. The Balaban J connectivity index is 1.85. The number of nitrogens with one attached hydrogen (secondary N) is 3. The van der Waals surface area contributed by atoms with E-state index >= 15 is 0 Å². The van der Waals surface area contributed by atoms with Crippen molar-refractivity contribution < 1.29 is 9.59 Å². The van der Waals surface area contributed by atoms with Crippen molar-refractivity contribution in [2.45, 2.75) is 48.0 Å². The number of rotatable bonds is 5. The van der Waals surface area contributed by atoms with Gasteiger partial charge in [-0.05, 0) is 55.0 Å². The Morgan fingerprint density at radius 3 is 2.44 bits per heavy atom. The number of anilines is 2. The van der Waals surface area contributed by atoms with E-state index in [1.807, 2.05) is 38.1 Å². The van der Waals surface area contributed by atoms with Gasteiger partial charge >= 0.3 is 6.03 Å². The topological polar surface area (TPSA) is 96.0 Å². The molecule has 0 aliphatic rings. The van der Waals surface area contributed by atoms with Gasteiger partial charge in [0, 0.05) is 48.1 Å². The monoisotopic (exact) mass is 433 g/mol. The van der Waals surface area contributed by atoms with Crippen LogP contribution in [0.25, 0.3) is 22.0 Å². The number of benzene rings is 1. The van der Waals surface area contributed by atoms with Gasteiger partial charge in [-0.2, -0.15) is 0 Å². The fraction of sp³-hybridized carbons (Fsp3) is 0.360. The Morgan fingerprint density at radius 2 is 1.75 bits per heavy atom. The molecule has 0 spiro atoms. The van der Waals surface area contributed by atoms with Crippen molar-refractivity contribution in [2.24, 2.45) is 5.41 Å². The average Bonchev–Trinajstić information content (AvgIpc) is 2.67. The van der Waals surface area contributed by atoms with Crippen molar-refractivity contribution in [3.63, 3.8) is 0 Å². The van der Waals surface area contributed by atoms with E-state index in [2.05, 4.69) is 41.7 Å². The lowest BCUT2D eigenvalue weighted by molar-refractivity contribution is -0.114. The summed E-state index contributed by atoms with van der Waals surface area (Å²) in [7, 11) is 0. The van der Waals surface area contributed by atoms with Crippen molar-refractivity contribution in [3.05, 3.63) is 47.8 Å². The van der Waals surface area contributed by atoms with E-state index in [0.29, 0.717) is 12.4 Å². The molecule has 168 valence electrons. The number of nitrogens with zero attached hydrogens (tertiary/aromatic N) is 2. The molecule has 3 amide bonds. The smallest absolute Gasteiger partial charge is 0.319 e. The number of hydrogen-bond acceptors (Lipinski definition) is 4. The number of urea groups is 1. The summed E-state index contributed by atoms with van der Waals surface area (Å²) in [5, 5.41) is 9.40. The van der Waals surface area contributed by atoms with Crippen LogP contribution < -0.4 is 16.0 Å². The quantitative estimate of drug-likeness (QED) is 0.500. The largest absolute Gasteiger partial charge is 0.338 e. The Morgan fingerprint density at radius 1 is 1.00 bits per heavy atom. The van der Waals surface area contributed by atoms with Gasteiger partial charge in [0.15, 0.2) is 0 Å². The minimum absolute atomic E-state index is 0.169. The van der Waals surface area contributed by atoms with Gasteiger partial charge in [-0.3, -0.25) is 9.78 Å². The zero-order chi connectivity index (χ0) is 23.5. The van der Waals surface area contributed by atoms with Crippen LogP contribution in [0.4, 0.5) is 16.3 Å². The van der Waals surface area contributed by atoms with Gasteiger partial charge in [-0.15, -0.1) is 0 Å².